The lowest BCUT2D eigenvalue weighted by atomic mass is 10.0. The van der Waals surface area contributed by atoms with Crippen LogP contribution in [0.4, 0.5) is 0 Å². The number of hydrogen-bond acceptors (Lipinski definition) is 4. The minimum absolute atomic E-state index is 0.144. The normalized spacial score (nSPS) is 12.8. The van der Waals surface area contributed by atoms with Gasteiger partial charge >= 0.3 is 0 Å². The van der Waals surface area contributed by atoms with Crippen molar-refractivity contribution in [2.75, 3.05) is 0 Å². The average Bonchev–Trinajstić information content (AvgIpc) is 2.67. The molecule has 84 valence electrons. The Morgan fingerprint density at radius 3 is 2.62 bits per heavy atom. The van der Waals surface area contributed by atoms with E-state index >= 15 is 0 Å². The maximum absolute atomic E-state index is 6.24. The first kappa shape index (κ1) is 11.7. The summed E-state index contributed by atoms with van der Waals surface area (Å²) >= 11 is 5.14. The van der Waals surface area contributed by atoms with Gasteiger partial charge in [0.25, 0.3) is 0 Å². The molecular weight excluding hydrogens is 286 g/mol. The molecule has 0 aromatic carbocycles. The van der Waals surface area contributed by atoms with Gasteiger partial charge in [-0.15, -0.1) is 0 Å². The molecule has 0 aliphatic rings. The molecular formula is C11H12BrN3S. The summed E-state index contributed by atoms with van der Waals surface area (Å²) in [5.41, 5.74) is 10.1. The summed E-state index contributed by atoms with van der Waals surface area (Å²) in [5, 5.41) is 12.2. The van der Waals surface area contributed by atoms with Crippen molar-refractivity contribution in [1.29, 1.82) is 0 Å². The summed E-state index contributed by atoms with van der Waals surface area (Å²) in [5.74, 6) is 0. The number of nitrogens with zero attached hydrogens (tertiary/aromatic N) is 2. The van der Waals surface area contributed by atoms with Crippen LogP contribution in [0.2, 0.25) is 0 Å². The zero-order chi connectivity index (χ0) is 11.7. The molecule has 2 heterocycles. The maximum atomic E-state index is 6.24. The highest BCUT2D eigenvalue weighted by molar-refractivity contribution is 9.10. The molecule has 0 bridgehead atoms. The SMILES string of the molecule is Cc1cc(C(N)c2cscc2Br)c(C)nn1. The van der Waals surface area contributed by atoms with E-state index in [0.717, 1.165) is 27.0 Å². The molecule has 2 N–H and O–H groups in total. The van der Waals surface area contributed by atoms with Crippen LogP contribution in [0.5, 0.6) is 0 Å². The van der Waals surface area contributed by atoms with E-state index in [-0.39, 0.29) is 6.04 Å². The second-order valence-corrected chi connectivity index (χ2v) is 5.28. The number of hydrogen-bond donors (Lipinski definition) is 1. The number of nitrogens with two attached hydrogens (primary N) is 1. The molecule has 1 atom stereocenters. The molecule has 2 aromatic heterocycles. The van der Waals surface area contributed by atoms with Crippen molar-refractivity contribution in [3.05, 3.63) is 43.8 Å². The van der Waals surface area contributed by atoms with Crippen LogP contribution in [0.25, 0.3) is 0 Å². The van der Waals surface area contributed by atoms with Gasteiger partial charge in [-0.2, -0.15) is 21.5 Å². The third kappa shape index (κ3) is 2.16. The molecule has 2 aromatic rings. The third-order valence-corrected chi connectivity index (χ3v) is 4.20. The van der Waals surface area contributed by atoms with Crippen LogP contribution >= 0.6 is 27.3 Å². The van der Waals surface area contributed by atoms with Crippen LogP contribution in [-0.4, -0.2) is 10.2 Å². The van der Waals surface area contributed by atoms with Crippen molar-refractivity contribution in [3.63, 3.8) is 0 Å². The van der Waals surface area contributed by atoms with Crippen LogP contribution in [0.15, 0.2) is 21.3 Å². The van der Waals surface area contributed by atoms with Gasteiger partial charge in [-0.25, -0.2) is 0 Å². The van der Waals surface area contributed by atoms with Crippen molar-refractivity contribution in [1.82, 2.24) is 10.2 Å². The predicted molar refractivity (Wildman–Crippen MR) is 69.6 cm³/mol. The number of halogens is 1. The zero-order valence-electron chi connectivity index (χ0n) is 9.07. The maximum Gasteiger partial charge on any atom is 0.0651 e. The minimum atomic E-state index is -0.144. The fourth-order valence-corrected chi connectivity index (χ4v) is 3.15. The van der Waals surface area contributed by atoms with Gasteiger partial charge in [0, 0.05) is 9.85 Å². The van der Waals surface area contributed by atoms with Crippen molar-refractivity contribution in [2.45, 2.75) is 19.9 Å². The molecule has 0 radical (unpaired) electrons. The minimum Gasteiger partial charge on any atom is -0.320 e. The van der Waals surface area contributed by atoms with E-state index in [0.29, 0.717) is 0 Å². The standard InChI is InChI=1S/C11H12BrN3S/c1-6-3-8(7(2)15-14-6)11(13)9-4-16-5-10(9)12/h3-5,11H,13H2,1-2H3. The first-order valence-electron chi connectivity index (χ1n) is 4.87. The Labute approximate surface area is 107 Å². The Balaban J connectivity index is 2.45. The highest BCUT2D eigenvalue weighted by Gasteiger charge is 2.16. The monoisotopic (exact) mass is 297 g/mol. The highest BCUT2D eigenvalue weighted by atomic mass is 79.9. The molecule has 16 heavy (non-hydrogen) atoms. The highest BCUT2D eigenvalue weighted by Crippen LogP contribution is 2.30. The lowest BCUT2D eigenvalue weighted by molar-refractivity contribution is 0.813. The van der Waals surface area contributed by atoms with Gasteiger partial charge < -0.3 is 5.73 Å². The fraction of sp³-hybridized carbons (Fsp3) is 0.273. The molecule has 0 aliphatic heterocycles. The van der Waals surface area contributed by atoms with E-state index in [1.807, 2.05) is 25.3 Å². The van der Waals surface area contributed by atoms with E-state index in [2.05, 4.69) is 31.5 Å². The van der Waals surface area contributed by atoms with E-state index in [9.17, 15) is 0 Å². The second kappa shape index (κ2) is 4.61. The van der Waals surface area contributed by atoms with Crippen molar-refractivity contribution >= 4 is 27.3 Å². The van der Waals surface area contributed by atoms with E-state index in [4.69, 9.17) is 5.73 Å². The predicted octanol–water partition coefficient (Wildman–Crippen LogP) is 2.97. The molecule has 0 spiro atoms. The molecule has 2 rings (SSSR count). The van der Waals surface area contributed by atoms with Crippen LogP contribution in [0.3, 0.4) is 0 Å². The third-order valence-electron chi connectivity index (χ3n) is 2.45. The number of aromatic nitrogens is 2. The topological polar surface area (TPSA) is 51.8 Å². The fourth-order valence-electron chi connectivity index (χ4n) is 1.57. The van der Waals surface area contributed by atoms with Gasteiger partial charge in [0.05, 0.1) is 17.4 Å². The molecule has 0 aliphatic carbocycles. The largest absolute Gasteiger partial charge is 0.320 e. The van der Waals surface area contributed by atoms with Crippen LogP contribution < -0.4 is 5.73 Å². The summed E-state index contributed by atoms with van der Waals surface area (Å²) in [6.07, 6.45) is 0. The Bertz CT molecular complexity index is 510. The van der Waals surface area contributed by atoms with Gasteiger partial charge in [0.2, 0.25) is 0 Å². The van der Waals surface area contributed by atoms with Crippen molar-refractivity contribution < 1.29 is 0 Å². The van der Waals surface area contributed by atoms with Gasteiger partial charge in [-0.3, -0.25) is 0 Å². The van der Waals surface area contributed by atoms with Gasteiger partial charge in [-0.05, 0) is 52.4 Å². The molecule has 0 amide bonds. The van der Waals surface area contributed by atoms with Crippen LogP contribution in [0.1, 0.15) is 28.6 Å². The van der Waals surface area contributed by atoms with Crippen molar-refractivity contribution in [2.24, 2.45) is 5.73 Å². The smallest absolute Gasteiger partial charge is 0.0651 e. The first-order valence-corrected chi connectivity index (χ1v) is 6.61. The van der Waals surface area contributed by atoms with Crippen LogP contribution in [-0.2, 0) is 0 Å². The van der Waals surface area contributed by atoms with Gasteiger partial charge in [-0.1, -0.05) is 0 Å². The van der Waals surface area contributed by atoms with Gasteiger partial charge in [0.1, 0.15) is 0 Å². The molecule has 0 saturated heterocycles. The van der Waals surface area contributed by atoms with E-state index in [1.165, 1.54) is 0 Å². The van der Waals surface area contributed by atoms with E-state index < -0.39 is 0 Å². The quantitative estimate of drug-likeness (QED) is 0.927. The molecule has 3 nitrogen and oxygen atoms in total. The molecule has 1 unspecified atom stereocenters. The Morgan fingerprint density at radius 1 is 1.25 bits per heavy atom. The van der Waals surface area contributed by atoms with Crippen LogP contribution in [0, 0.1) is 13.8 Å². The summed E-state index contributed by atoms with van der Waals surface area (Å²) in [4.78, 5) is 0. The Morgan fingerprint density at radius 2 is 2.00 bits per heavy atom. The second-order valence-electron chi connectivity index (χ2n) is 3.68. The summed E-state index contributed by atoms with van der Waals surface area (Å²) in [6.45, 7) is 3.85. The first-order chi connectivity index (χ1) is 7.59. The number of rotatable bonds is 2. The summed E-state index contributed by atoms with van der Waals surface area (Å²) in [7, 11) is 0. The van der Waals surface area contributed by atoms with Crippen molar-refractivity contribution in [3.8, 4) is 0 Å². The Kier molecular flexibility index (Phi) is 3.37. The number of thiophene rings is 1. The molecule has 0 saturated carbocycles. The average molecular weight is 298 g/mol. The summed E-state index contributed by atoms with van der Waals surface area (Å²) in [6, 6.07) is 1.85. The van der Waals surface area contributed by atoms with E-state index in [1.54, 1.807) is 11.3 Å². The van der Waals surface area contributed by atoms with Gasteiger partial charge in [0.15, 0.2) is 0 Å². The zero-order valence-corrected chi connectivity index (χ0v) is 11.5. The molecule has 0 fully saturated rings. The number of aryl methyl sites for hydroxylation is 2. The Hall–Kier alpha value is -0.780. The lowest BCUT2D eigenvalue weighted by Gasteiger charge is -2.13. The molecule has 5 heteroatoms. The summed E-state index contributed by atoms with van der Waals surface area (Å²) < 4.78 is 1.05. The lowest BCUT2D eigenvalue weighted by Crippen LogP contribution is -2.14.